The van der Waals surface area contributed by atoms with Crippen molar-refractivity contribution in [2.45, 2.75) is 5.41 Å². The van der Waals surface area contributed by atoms with Crippen LogP contribution in [-0.2, 0) is 5.41 Å². The summed E-state index contributed by atoms with van der Waals surface area (Å²) in [5.41, 5.74) is 11.6. The smallest absolute Gasteiger partial charge is 0.164 e. The van der Waals surface area contributed by atoms with Gasteiger partial charge in [0.15, 0.2) is 17.5 Å². The van der Waals surface area contributed by atoms with Crippen LogP contribution in [-0.4, -0.2) is 15.0 Å². The predicted molar refractivity (Wildman–Crippen MR) is 234 cm³/mol. The Bertz CT molecular complexity index is 3270. The second kappa shape index (κ2) is 12.7. The third-order valence-electron chi connectivity index (χ3n) is 12.0. The van der Waals surface area contributed by atoms with Crippen molar-refractivity contribution in [3.8, 4) is 67.9 Å². The van der Waals surface area contributed by atoms with Gasteiger partial charge in [-0.1, -0.05) is 182 Å². The van der Waals surface area contributed by atoms with Crippen molar-refractivity contribution in [2.24, 2.45) is 0 Å². The summed E-state index contributed by atoms with van der Waals surface area (Å²) in [6.07, 6.45) is 0. The van der Waals surface area contributed by atoms with Gasteiger partial charge < -0.3 is 4.74 Å². The minimum absolute atomic E-state index is 0.581. The second-order valence-electron chi connectivity index (χ2n) is 15.1. The van der Waals surface area contributed by atoms with Crippen LogP contribution in [0.5, 0.6) is 11.5 Å². The van der Waals surface area contributed by atoms with E-state index in [1.54, 1.807) is 0 Å². The highest BCUT2D eigenvalue weighted by Crippen LogP contribution is 2.65. The third-order valence-corrected chi connectivity index (χ3v) is 12.0. The number of hydrogen-bond acceptors (Lipinski definition) is 4. The van der Waals surface area contributed by atoms with Crippen LogP contribution < -0.4 is 4.74 Å². The number of nitrogens with zero attached hydrogens (tertiary/aromatic N) is 3. The molecule has 10 aromatic rings. The molecule has 0 saturated carbocycles. The molecule has 4 nitrogen and oxygen atoms in total. The summed E-state index contributed by atoms with van der Waals surface area (Å²) in [6.45, 7) is 0. The number of ether oxygens (including phenoxy) is 1. The lowest BCUT2D eigenvalue weighted by molar-refractivity contribution is 0.437. The number of fused-ring (bicyclic) bond motifs is 14. The van der Waals surface area contributed by atoms with Gasteiger partial charge in [-0.2, -0.15) is 0 Å². The Morgan fingerprint density at radius 2 is 0.845 bits per heavy atom. The summed E-state index contributed by atoms with van der Waals surface area (Å²) in [5.74, 6) is 3.43. The molecule has 2 heterocycles. The lowest BCUT2D eigenvalue weighted by Crippen LogP contribution is -2.32. The Labute approximate surface area is 335 Å². The zero-order valence-electron chi connectivity index (χ0n) is 31.3. The van der Waals surface area contributed by atoms with Gasteiger partial charge in [0.05, 0.1) is 5.41 Å². The average molecular weight is 740 g/mol. The monoisotopic (exact) mass is 739 g/mol. The van der Waals surface area contributed by atoms with E-state index in [0.717, 1.165) is 50.4 Å². The summed E-state index contributed by atoms with van der Waals surface area (Å²) in [5, 5.41) is 5.00. The third kappa shape index (κ3) is 4.72. The SMILES string of the molecule is c1ccc(-c2cccc(-c3nc(-c4ccccc4)nc(-c4ccc5c(c4)Oc4ccccc4C54c5ccccc5-c5c4c4ccccc4c4ccccc54)n3)c2)cc1. The normalized spacial score (nSPS) is 14.8. The lowest BCUT2D eigenvalue weighted by atomic mass is 9.65. The molecule has 270 valence electrons. The van der Waals surface area contributed by atoms with Crippen LogP contribution in [0.25, 0.3) is 78.0 Å². The molecule has 0 fully saturated rings. The van der Waals surface area contributed by atoms with Crippen molar-refractivity contribution in [2.75, 3.05) is 0 Å². The molecule has 12 rings (SSSR count). The van der Waals surface area contributed by atoms with E-state index in [1.807, 2.05) is 36.4 Å². The van der Waals surface area contributed by atoms with Crippen LogP contribution in [0.15, 0.2) is 200 Å². The van der Waals surface area contributed by atoms with Crippen LogP contribution in [0.3, 0.4) is 0 Å². The maximum Gasteiger partial charge on any atom is 0.164 e. The fraction of sp³-hybridized carbons (Fsp3) is 0.0185. The van der Waals surface area contributed by atoms with Gasteiger partial charge in [0.25, 0.3) is 0 Å². The van der Waals surface area contributed by atoms with Crippen molar-refractivity contribution >= 4 is 21.5 Å². The Kier molecular flexibility index (Phi) is 7.11. The first kappa shape index (κ1) is 32.5. The summed E-state index contributed by atoms with van der Waals surface area (Å²) in [6, 6.07) is 70.7. The average Bonchev–Trinajstić information content (AvgIpc) is 3.61. The van der Waals surface area contributed by atoms with E-state index in [2.05, 4.69) is 164 Å². The standard InChI is InChI=1S/C54H33N3O/c1-3-16-34(17-4-1)36-20-15-21-37(32-36)52-55-51(35-18-5-2-6-19-35)56-53(57-52)38-30-31-46-48(33-38)58-47-29-14-13-28-45(47)54(46)44-27-12-11-26-43(44)49-41-24-9-7-22-39(41)40-23-8-10-25-42(40)50(49)54/h1-33H. The van der Waals surface area contributed by atoms with E-state index in [1.165, 1.54) is 43.8 Å². The Hall–Kier alpha value is -7.69. The van der Waals surface area contributed by atoms with E-state index in [-0.39, 0.29) is 0 Å². The van der Waals surface area contributed by atoms with Crippen molar-refractivity contribution in [1.29, 1.82) is 0 Å². The molecule has 1 spiro atoms. The second-order valence-corrected chi connectivity index (χ2v) is 15.1. The number of para-hydroxylation sites is 1. The topological polar surface area (TPSA) is 47.9 Å². The molecule has 0 bridgehead atoms. The van der Waals surface area contributed by atoms with Crippen molar-refractivity contribution in [1.82, 2.24) is 15.0 Å². The highest BCUT2D eigenvalue weighted by molar-refractivity contribution is 6.19. The fourth-order valence-electron chi connectivity index (χ4n) is 9.54. The summed E-state index contributed by atoms with van der Waals surface area (Å²) >= 11 is 0. The minimum Gasteiger partial charge on any atom is -0.457 e. The molecule has 0 radical (unpaired) electrons. The molecule has 9 aromatic carbocycles. The number of benzene rings is 9. The first-order chi connectivity index (χ1) is 28.8. The largest absolute Gasteiger partial charge is 0.457 e. The minimum atomic E-state index is -0.643. The molecule has 2 aliphatic rings. The van der Waals surface area contributed by atoms with Crippen molar-refractivity contribution < 1.29 is 4.74 Å². The molecule has 0 amide bonds. The molecular formula is C54H33N3O. The zero-order valence-corrected chi connectivity index (χ0v) is 31.3. The van der Waals surface area contributed by atoms with E-state index in [0.29, 0.717) is 17.5 Å². The van der Waals surface area contributed by atoms with Crippen LogP contribution in [0.1, 0.15) is 22.3 Å². The van der Waals surface area contributed by atoms with Gasteiger partial charge in [-0.05, 0) is 73.1 Å². The van der Waals surface area contributed by atoms with Crippen LogP contribution in [0.2, 0.25) is 0 Å². The summed E-state index contributed by atoms with van der Waals surface area (Å²) < 4.78 is 6.98. The van der Waals surface area contributed by atoms with E-state index in [9.17, 15) is 0 Å². The summed E-state index contributed by atoms with van der Waals surface area (Å²) in [7, 11) is 0. The maximum atomic E-state index is 6.98. The van der Waals surface area contributed by atoms with Gasteiger partial charge in [0, 0.05) is 27.8 Å². The molecule has 4 heteroatoms. The molecule has 58 heavy (non-hydrogen) atoms. The molecular weight excluding hydrogens is 707 g/mol. The Morgan fingerprint density at radius 3 is 1.60 bits per heavy atom. The van der Waals surface area contributed by atoms with Crippen LogP contribution in [0.4, 0.5) is 0 Å². The number of aromatic nitrogens is 3. The highest BCUT2D eigenvalue weighted by Gasteiger charge is 2.52. The molecule has 1 atom stereocenters. The Morgan fingerprint density at radius 1 is 0.328 bits per heavy atom. The van der Waals surface area contributed by atoms with Gasteiger partial charge >= 0.3 is 0 Å². The number of rotatable bonds is 4. The molecule has 1 aliphatic carbocycles. The first-order valence-electron chi connectivity index (χ1n) is 19.7. The molecule has 0 N–H and O–H groups in total. The van der Waals surface area contributed by atoms with Gasteiger partial charge in [-0.3, -0.25) is 0 Å². The predicted octanol–water partition coefficient (Wildman–Crippen LogP) is 13.3. The van der Waals surface area contributed by atoms with E-state index in [4.69, 9.17) is 19.7 Å². The molecule has 1 aliphatic heterocycles. The van der Waals surface area contributed by atoms with Gasteiger partial charge in [0.1, 0.15) is 11.5 Å². The van der Waals surface area contributed by atoms with Gasteiger partial charge in [-0.25, -0.2) is 15.0 Å². The zero-order chi connectivity index (χ0) is 38.2. The number of hydrogen-bond donors (Lipinski definition) is 0. The van der Waals surface area contributed by atoms with Crippen molar-refractivity contribution in [3.05, 3.63) is 222 Å². The van der Waals surface area contributed by atoms with Gasteiger partial charge in [0.2, 0.25) is 0 Å². The molecule has 1 aromatic heterocycles. The summed E-state index contributed by atoms with van der Waals surface area (Å²) in [4.78, 5) is 15.4. The lowest BCUT2D eigenvalue weighted by Gasteiger charge is -2.40. The Balaban J connectivity index is 1.11. The first-order valence-corrected chi connectivity index (χ1v) is 19.7. The highest BCUT2D eigenvalue weighted by atomic mass is 16.5. The molecule has 0 saturated heterocycles. The van der Waals surface area contributed by atoms with E-state index < -0.39 is 5.41 Å². The quantitative estimate of drug-likeness (QED) is 0.169. The maximum absolute atomic E-state index is 6.98. The fourth-order valence-corrected chi connectivity index (χ4v) is 9.54. The van der Waals surface area contributed by atoms with Crippen LogP contribution in [0, 0.1) is 0 Å². The van der Waals surface area contributed by atoms with Crippen LogP contribution >= 0.6 is 0 Å². The van der Waals surface area contributed by atoms with Crippen molar-refractivity contribution in [3.63, 3.8) is 0 Å². The van der Waals surface area contributed by atoms with E-state index >= 15 is 0 Å². The molecule has 1 unspecified atom stereocenters. The van der Waals surface area contributed by atoms with Gasteiger partial charge in [-0.15, -0.1) is 0 Å².